The van der Waals surface area contributed by atoms with Crippen LogP contribution in [-0.4, -0.2) is 17.0 Å². The zero-order valence-corrected chi connectivity index (χ0v) is 17.2. The molecule has 0 aliphatic carbocycles. The number of rotatable bonds is 5. The van der Waals surface area contributed by atoms with Crippen molar-refractivity contribution < 1.29 is 19.1 Å². The molecule has 0 fully saturated rings. The van der Waals surface area contributed by atoms with Crippen LogP contribution in [0.15, 0.2) is 70.5 Å². The molecule has 0 spiro atoms. The first-order valence-electron chi connectivity index (χ1n) is 9.33. The van der Waals surface area contributed by atoms with Crippen LogP contribution in [0.3, 0.4) is 0 Å². The van der Waals surface area contributed by atoms with E-state index in [1.165, 1.54) is 11.3 Å². The van der Waals surface area contributed by atoms with E-state index in [-0.39, 0.29) is 5.56 Å². The van der Waals surface area contributed by atoms with Gasteiger partial charge in [-0.2, -0.15) is 0 Å². The minimum absolute atomic E-state index is 0.0848. The van der Waals surface area contributed by atoms with Gasteiger partial charge in [-0.05, 0) is 25.5 Å². The summed E-state index contributed by atoms with van der Waals surface area (Å²) in [5, 5.41) is 14.6. The molecule has 6 heteroatoms. The van der Waals surface area contributed by atoms with E-state index in [4.69, 9.17) is 4.42 Å². The summed E-state index contributed by atoms with van der Waals surface area (Å²) in [6, 6.07) is 18.8. The Morgan fingerprint density at radius 1 is 0.967 bits per heavy atom. The van der Waals surface area contributed by atoms with Crippen molar-refractivity contribution in [2.75, 3.05) is 5.32 Å². The zero-order chi connectivity index (χ0) is 21.3. The van der Waals surface area contributed by atoms with E-state index in [0.717, 1.165) is 16.7 Å². The topological polar surface area (TPSA) is 79.5 Å². The third-order valence-corrected chi connectivity index (χ3v) is 5.71. The number of carbonyl (C=O) groups excluding carboxylic acids is 1. The predicted molar refractivity (Wildman–Crippen MR) is 118 cm³/mol. The van der Waals surface area contributed by atoms with Crippen molar-refractivity contribution >= 4 is 28.2 Å². The molecule has 150 valence electrons. The van der Waals surface area contributed by atoms with Gasteiger partial charge in [-0.25, -0.2) is 4.79 Å². The van der Waals surface area contributed by atoms with Crippen LogP contribution >= 0.6 is 11.3 Å². The number of nitrogens with one attached hydrogen (secondary N) is 1. The van der Waals surface area contributed by atoms with Crippen LogP contribution in [0, 0.1) is 13.8 Å². The van der Waals surface area contributed by atoms with Gasteiger partial charge >= 0.3 is 5.97 Å². The maximum atomic E-state index is 12.9. The third kappa shape index (κ3) is 3.77. The molecule has 0 aliphatic rings. The van der Waals surface area contributed by atoms with Gasteiger partial charge in [0.2, 0.25) is 0 Å². The fourth-order valence-corrected chi connectivity index (χ4v) is 4.19. The average Bonchev–Trinajstić information content (AvgIpc) is 3.33. The van der Waals surface area contributed by atoms with Crippen molar-refractivity contribution in [3.63, 3.8) is 0 Å². The first kappa shape index (κ1) is 19.7. The van der Waals surface area contributed by atoms with Crippen LogP contribution < -0.4 is 5.32 Å². The molecular weight excluding hydrogens is 398 g/mol. The molecule has 2 heterocycles. The SMILES string of the molecule is Cc1ccc(-c2csc(NC(=O)c3cc(-c4ccccc4)oc3C)c2C(=O)O)cc1. The van der Waals surface area contributed by atoms with Crippen LogP contribution in [0.2, 0.25) is 0 Å². The van der Waals surface area contributed by atoms with Crippen LogP contribution in [0.4, 0.5) is 5.00 Å². The zero-order valence-electron chi connectivity index (χ0n) is 16.4. The minimum atomic E-state index is -1.09. The van der Waals surface area contributed by atoms with Crippen molar-refractivity contribution in [1.29, 1.82) is 0 Å². The summed E-state index contributed by atoms with van der Waals surface area (Å²) < 4.78 is 5.75. The maximum Gasteiger partial charge on any atom is 0.339 e. The lowest BCUT2D eigenvalue weighted by Crippen LogP contribution is -2.13. The summed E-state index contributed by atoms with van der Waals surface area (Å²) in [5.41, 5.74) is 3.78. The predicted octanol–water partition coefficient (Wildman–Crippen LogP) is 6.24. The van der Waals surface area contributed by atoms with Gasteiger partial charge in [-0.15, -0.1) is 11.3 Å². The summed E-state index contributed by atoms with van der Waals surface area (Å²) in [5.74, 6) is -0.434. The Balaban J connectivity index is 1.65. The van der Waals surface area contributed by atoms with Gasteiger partial charge in [0.1, 0.15) is 22.1 Å². The van der Waals surface area contributed by atoms with E-state index in [1.807, 2.05) is 61.5 Å². The van der Waals surface area contributed by atoms with Crippen LogP contribution in [0.25, 0.3) is 22.5 Å². The first-order chi connectivity index (χ1) is 14.4. The molecule has 0 aliphatic heterocycles. The molecule has 0 saturated carbocycles. The number of hydrogen-bond acceptors (Lipinski definition) is 4. The molecular formula is C24H19NO4S. The van der Waals surface area contributed by atoms with Crippen molar-refractivity contribution in [2.24, 2.45) is 0 Å². The van der Waals surface area contributed by atoms with E-state index in [2.05, 4.69) is 5.32 Å². The lowest BCUT2D eigenvalue weighted by molar-refractivity contribution is 0.0699. The van der Waals surface area contributed by atoms with E-state index >= 15 is 0 Å². The van der Waals surface area contributed by atoms with Gasteiger partial charge in [-0.1, -0.05) is 60.2 Å². The maximum absolute atomic E-state index is 12.9. The number of aryl methyl sites for hydroxylation is 2. The van der Waals surface area contributed by atoms with E-state index in [9.17, 15) is 14.7 Å². The van der Waals surface area contributed by atoms with Gasteiger partial charge < -0.3 is 14.8 Å². The number of carbonyl (C=O) groups is 2. The van der Waals surface area contributed by atoms with E-state index in [0.29, 0.717) is 27.6 Å². The molecule has 2 N–H and O–H groups in total. The summed E-state index contributed by atoms with van der Waals surface area (Å²) in [4.78, 5) is 24.8. The number of thiophene rings is 1. The molecule has 4 aromatic rings. The number of hydrogen-bond donors (Lipinski definition) is 2. The molecule has 0 saturated heterocycles. The van der Waals surface area contributed by atoms with Crippen molar-refractivity contribution in [2.45, 2.75) is 13.8 Å². The second kappa shape index (κ2) is 8.00. The second-order valence-corrected chi connectivity index (χ2v) is 7.80. The Bertz CT molecular complexity index is 1220. The number of furan rings is 1. The summed E-state index contributed by atoms with van der Waals surface area (Å²) in [6.07, 6.45) is 0. The lowest BCUT2D eigenvalue weighted by Gasteiger charge is -2.06. The van der Waals surface area contributed by atoms with Crippen LogP contribution in [-0.2, 0) is 0 Å². The number of benzene rings is 2. The molecule has 0 radical (unpaired) electrons. The summed E-state index contributed by atoms with van der Waals surface area (Å²) in [6.45, 7) is 3.68. The number of carboxylic acid groups (broad SMARTS) is 1. The Kier molecular flexibility index (Phi) is 5.25. The Morgan fingerprint density at radius 2 is 1.67 bits per heavy atom. The van der Waals surface area contributed by atoms with Crippen molar-refractivity contribution in [3.05, 3.63) is 88.5 Å². The van der Waals surface area contributed by atoms with Gasteiger partial charge in [0.15, 0.2) is 0 Å². The molecule has 30 heavy (non-hydrogen) atoms. The van der Waals surface area contributed by atoms with E-state index in [1.54, 1.807) is 18.4 Å². The smallest absolute Gasteiger partial charge is 0.339 e. The Morgan fingerprint density at radius 3 is 2.33 bits per heavy atom. The van der Waals surface area contributed by atoms with Gasteiger partial charge in [0.25, 0.3) is 5.91 Å². The molecule has 0 bridgehead atoms. The number of carboxylic acids is 1. The lowest BCUT2D eigenvalue weighted by atomic mass is 10.0. The monoisotopic (exact) mass is 417 g/mol. The van der Waals surface area contributed by atoms with Gasteiger partial charge in [0, 0.05) is 16.5 Å². The highest BCUT2D eigenvalue weighted by Gasteiger charge is 2.23. The number of amides is 1. The van der Waals surface area contributed by atoms with Crippen molar-refractivity contribution in [3.8, 4) is 22.5 Å². The standard InChI is InChI=1S/C24H19NO4S/c1-14-8-10-16(11-9-14)19-13-30-23(21(19)24(27)28)25-22(26)18-12-20(29-15(18)2)17-6-4-3-5-7-17/h3-13H,1-2H3,(H,25,26)(H,27,28). The minimum Gasteiger partial charge on any atom is -0.478 e. The molecule has 0 unspecified atom stereocenters. The largest absolute Gasteiger partial charge is 0.478 e. The fraction of sp³-hybridized carbons (Fsp3) is 0.0833. The number of anilines is 1. The molecule has 1 amide bonds. The quantitative estimate of drug-likeness (QED) is 0.403. The molecule has 4 rings (SSSR count). The highest BCUT2D eigenvalue weighted by atomic mass is 32.1. The fourth-order valence-electron chi connectivity index (χ4n) is 3.23. The molecule has 2 aromatic carbocycles. The van der Waals surface area contributed by atoms with Crippen LogP contribution in [0.5, 0.6) is 0 Å². The van der Waals surface area contributed by atoms with Crippen molar-refractivity contribution in [1.82, 2.24) is 0 Å². The summed E-state index contributed by atoms with van der Waals surface area (Å²) in [7, 11) is 0. The highest BCUT2D eigenvalue weighted by molar-refractivity contribution is 7.15. The Labute approximate surface area is 177 Å². The Hall–Kier alpha value is -3.64. The number of aromatic carboxylic acids is 1. The average molecular weight is 417 g/mol. The molecule has 5 nitrogen and oxygen atoms in total. The van der Waals surface area contributed by atoms with Gasteiger partial charge in [0.05, 0.1) is 5.56 Å². The van der Waals surface area contributed by atoms with Gasteiger partial charge in [-0.3, -0.25) is 4.79 Å². The molecule has 0 atom stereocenters. The second-order valence-electron chi connectivity index (χ2n) is 6.93. The summed E-state index contributed by atoms with van der Waals surface area (Å²) >= 11 is 1.19. The van der Waals surface area contributed by atoms with Crippen LogP contribution in [0.1, 0.15) is 32.0 Å². The van der Waals surface area contributed by atoms with E-state index < -0.39 is 11.9 Å². The first-order valence-corrected chi connectivity index (χ1v) is 10.2. The normalized spacial score (nSPS) is 10.7. The molecule has 2 aromatic heterocycles. The highest BCUT2D eigenvalue weighted by Crippen LogP contribution is 2.36. The third-order valence-electron chi connectivity index (χ3n) is 4.82.